The van der Waals surface area contributed by atoms with Crippen LogP contribution in [-0.2, 0) is 9.53 Å². The SMILES string of the molecule is CCCC(C(=O)OCC)c1nc2cccc(Cl)c2s1. The molecule has 3 nitrogen and oxygen atoms in total. The van der Waals surface area contributed by atoms with E-state index >= 15 is 0 Å². The first-order chi connectivity index (χ1) is 9.17. The van der Waals surface area contributed by atoms with Gasteiger partial charge in [0.25, 0.3) is 0 Å². The first-order valence-electron chi connectivity index (χ1n) is 6.39. The minimum atomic E-state index is -0.279. The zero-order valence-electron chi connectivity index (χ0n) is 11.0. The van der Waals surface area contributed by atoms with Gasteiger partial charge >= 0.3 is 5.97 Å². The van der Waals surface area contributed by atoms with E-state index in [2.05, 4.69) is 4.98 Å². The minimum absolute atomic E-state index is 0.195. The maximum atomic E-state index is 12.0. The quantitative estimate of drug-likeness (QED) is 0.768. The molecule has 0 aliphatic rings. The Kier molecular flexibility index (Phi) is 4.77. The predicted octanol–water partition coefficient (Wildman–Crippen LogP) is 4.40. The number of aromatic nitrogens is 1. The zero-order valence-corrected chi connectivity index (χ0v) is 12.6. The molecular weight excluding hydrogens is 282 g/mol. The van der Waals surface area contributed by atoms with E-state index in [1.54, 1.807) is 0 Å². The molecule has 19 heavy (non-hydrogen) atoms. The molecular formula is C14H16ClNO2S. The smallest absolute Gasteiger partial charge is 0.315 e. The van der Waals surface area contributed by atoms with Crippen LogP contribution in [-0.4, -0.2) is 17.6 Å². The second-order valence-electron chi connectivity index (χ2n) is 4.23. The number of carbonyl (C=O) groups excluding carboxylic acids is 1. The molecule has 0 aliphatic heterocycles. The van der Waals surface area contributed by atoms with Gasteiger partial charge < -0.3 is 4.74 Å². The molecule has 1 unspecified atom stereocenters. The Morgan fingerprint density at radius 2 is 2.26 bits per heavy atom. The second-order valence-corrected chi connectivity index (χ2v) is 5.67. The Morgan fingerprint density at radius 3 is 2.89 bits per heavy atom. The number of hydrogen-bond donors (Lipinski definition) is 0. The number of thiazole rings is 1. The summed E-state index contributed by atoms with van der Waals surface area (Å²) in [5, 5.41) is 1.48. The highest BCUT2D eigenvalue weighted by atomic mass is 35.5. The summed E-state index contributed by atoms with van der Waals surface area (Å²) in [5.41, 5.74) is 0.845. The number of carbonyl (C=O) groups is 1. The first-order valence-corrected chi connectivity index (χ1v) is 7.58. The maximum absolute atomic E-state index is 12.0. The van der Waals surface area contributed by atoms with E-state index in [1.807, 2.05) is 32.0 Å². The molecule has 0 N–H and O–H groups in total. The van der Waals surface area contributed by atoms with E-state index in [4.69, 9.17) is 16.3 Å². The van der Waals surface area contributed by atoms with Crippen molar-refractivity contribution in [3.05, 3.63) is 28.2 Å². The van der Waals surface area contributed by atoms with Crippen LogP contribution >= 0.6 is 22.9 Å². The van der Waals surface area contributed by atoms with E-state index < -0.39 is 0 Å². The molecule has 1 aromatic carbocycles. The van der Waals surface area contributed by atoms with E-state index in [0.29, 0.717) is 11.6 Å². The molecule has 0 spiro atoms. The van der Waals surface area contributed by atoms with Gasteiger partial charge in [-0.2, -0.15) is 0 Å². The predicted molar refractivity (Wildman–Crippen MR) is 78.9 cm³/mol. The molecule has 0 aliphatic carbocycles. The van der Waals surface area contributed by atoms with Gasteiger partial charge in [-0.25, -0.2) is 4.98 Å². The molecule has 2 rings (SSSR count). The van der Waals surface area contributed by atoms with Crippen LogP contribution in [0.3, 0.4) is 0 Å². The number of benzene rings is 1. The summed E-state index contributed by atoms with van der Waals surface area (Å²) in [6.45, 7) is 4.26. The highest BCUT2D eigenvalue weighted by molar-refractivity contribution is 7.19. The number of nitrogens with zero attached hydrogens (tertiary/aromatic N) is 1. The third kappa shape index (κ3) is 3.07. The lowest BCUT2D eigenvalue weighted by Gasteiger charge is -2.11. The summed E-state index contributed by atoms with van der Waals surface area (Å²) in [5.74, 6) is -0.474. The summed E-state index contributed by atoms with van der Waals surface area (Å²) >= 11 is 7.63. The lowest BCUT2D eigenvalue weighted by Crippen LogP contribution is -2.15. The van der Waals surface area contributed by atoms with Crippen LogP contribution in [0.2, 0.25) is 5.02 Å². The number of esters is 1. The Balaban J connectivity index is 2.38. The average Bonchev–Trinajstić information content (AvgIpc) is 2.81. The fourth-order valence-electron chi connectivity index (χ4n) is 1.96. The molecule has 0 saturated heterocycles. The Bertz CT molecular complexity index is 582. The van der Waals surface area contributed by atoms with Crippen molar-refractivity contribution < 1.29 is 9.53 Å². The van der Waals surface area contributed by atoms with Crippen LogP contribution in [0.5, 0.6) is 0 Å². The molecule has 0 radical (unpaired) electrons. The Morgan fingerprint density at radius 1 is 1.47 bits per heavy atom. The zero-order chi connectivity index (χ0) is 13.8. The van der Waals surface area contributed by atoms with Crippen molar-refractivity contribution in [1.82, 2.24) is 4.98 Å². The summed E-state index contributed by atoms with van der Waals surface area (Å²) in [4.78, 5) is 16.5. The number of hydrogen-bond acceptors (Lipinski definition) is 4. The van der Waals surface area contributed by atoms with Gasteiger partial charge in [-0.15, -0.1) is 11.3 Å². The van der Waals surface area contributed by atoms with Crippen molar-refractivity contribution in [3.8, 4) is 0 Å². The molecule has 5 heteroatoms. The van der Waals surface area contributed by atoms with E-state index in [1.165, 1.54) is 11.3 Å². The van der Waals surface area contributed by atoms with Crippen LogP contribution in [0.25, 0.3) is 10.2 Å². The van der Waals surface area contributed by atoms with E-state index in [9.17, 15) is 4.79 Å². The Hall–Kier alpha value is -1.13. The van der Waals surface area contributed by atoms with Gasteiger partial charge in [0.1, 0.15) is 10.9 Å². The van der Waals surface area contributed by atoms with Gasteiger partial charge in [0.15, 0.2) is 0 Å². The van der Waals surface area contributed by atoms with Crippen molar-refractivity contribution >= 4 is 39.1 Å². The molecule has 0 saturated carbocycles. The molecule has 0 fully saturated rings. The van der Waals surface area contributed by atoms with Gasteiger partial charge in [0.05, 0.1) is 21.8 Å². The van der Waals surface area contributed by atoms with E-state index in [-0.39, 0.29) is 11.9 Å². The van der Waals surface area contributed by atoms with E-state index in [0.717, 1.165) is 28.1 Å². The fourth-order valence-corrected chi connectivity index (χ4v) is 3.33. The Labute approximate surface area is 121 Å². The van der Waals surface area contributed by atoms with Gasteiger partial charge in [-0.05, 0) is 25.5 Å². The van der Waals surface area contributed by atoms with Crippen LogP contribution in [0.15, 0.2) is 18.2 Å². The summed E-state index contributed by atoms with van der Waals surface area (Å²) in [7, 11) is 0. The minimum Gasteiger partial charge on any atom is -0.465 e. The van der Waals surface area contributed by atoms with Gasteiger partial charge in [-0.1, -0.05) is 31.0 Å². The number of ether oxygens (including phenoxy) is 1. The first kappa shape index (κ1) is 14.3. The van der Waals surface area contributed by atoms with Crippen molar-refractivity contribution in [2.45, 2.75) is 32.6 Å². The maximum Gasteiger partial charge on any atom is 0.315 e. The summed E-state index contributed by atoms with van der Waals surface area (Å²) in [6.07, 6.45) is 1.66. The average molecular weight is 298 g/mol. The number of halogens is 1. The summed E-state index contributed by atoms with van der Waals surface area (Å²) in [6, 6.07) is 5.62. The molecule has 102 valence electrons. The van der Waals surface area contributed by atoms with Crippen LogP contribution in [0.1, 0.15) is 37.6 Å². The third-order valence-electron chi connectivity index (χ3n) is 2.83. The molecule has 1 heterocycles. The molecule has 0 bridgehead atoms. The highest BCUT2D eigenvalue weighted by Gasteiger charge is 2.25. The molecule has 2 aromatic rings. The largest absolute Gasteiger partial charge is 0.465 e. The number of rotatable bonds is 5. The fraction of sp³-hybridized carbons (Fsp3) is 0.429. The molecule has 0 amide bonds. The number of fused-ring (bicyclic) bond motifs is 1. The van der Waals surface area contributed by atoms with Crippen LogP contribution in [0, 0.1) is 0 Å². The van der Waals surface area contributed by atoms with Gasteiger partial charge in [-0.3, -0.25) is 4.79 Å². The second kappa shape index (κ2) is 6.35. The van der Waals surface area contributed by atoms with Crippen molar-refractivity contribution in [1.29, 1.82) is 0 Å². The summed E-state index contributed by atoms with van der Waals surface area (Å²) < 4.78 is 6.07. The third-order valence-corrected chi connectivity index (χ3v) is 4.48. The van der Waals surface area contributed by atoms with Crippen molar-refractivity contribution in [3.63, 3.8) is 0 Å². The highest BCUT2D eigenvalue weighted by Crippen LogP contribution is 2.34. The van der Waals surface area contributed by atoms with Crippen molar-refractivity contribution in [2.75, 3.05) is 6.61 Å². The van der Waals surface area contributed by atoms with Gasteiger partial charge in [0.2, 0.25) is 0 Å². The standard InChI is InChI=1S/C14H16ClNO2S/c1-3-6-9(14(17)18-4-2)13-16-11-8-5-7-10(15)12(11)19-13/h5,7-9H,3-4,6H2,1-2H3. The van der Waals surface area contributed by atoms with Crippen LogP contribution in [0.4, 0.5) is 0 Å². The topological polar surface area (TPSA) is 39.2 Å². The molecule has 1 aromatic heterocycles. The molecule has 1 atom stereocenters. The van der Waals surface area contributed by atoms with Crippen molar-refractivity contribution in [2.24, 2.45) is 0 Å². The lowest BCUT2D eigenvalue weighted by atomic mass is 10.1. The monoisotopic (exact) mass is 297 g/mol. The lowest BCUT2D eigenvalue weighted by molar-refractivity contribution is -0.145. The van der Waals surface area contributed by atoms with Gasteiger partial charge in [0, 0.05) is 0 Å². The van der Waals surface area contributed by atoms with Crippen LogP contribution < -0.4 is 0 Å². The normalized spacial score (nSPS) is 12.6.